The van der Waals surface area contributed by atoms with E-state index in [-0.39, 0.29) is 34.5 Å². The number of rotatable bonds is 7. The van der Waals surface area contributed by atoms with E-state index >= 15 is 0 Å². The number of alkyl halides is 1. The van der Waals surface area contributed by atoms with Gasteiger partial charge in [0.25, 0.3) is 0 Å². The molecular formula is C24H34F2N4O4S. The second kappa shape index (κ2) is 10.0. The molecule has 1 aliphatic carbocycles. The first kappa shape index (κ1) is 25.8. The molecule has 0 radical (unpaired) electrons. The highest BCUT2D eigenvalue weighted by molar-refractivity contribution is 7.90. The summed E-state index contributed by atoms with van der Waals surface area (Å²) >= 11 is 0. The molecule has 11 heteroatoms. The van der Waals surface area contributed by atoms with Gasteiger partial charge in [0.05, 0.1) is 17.5 Å². The Bertz CT molecular complexity index is 1130. The first-order chi connectivity index (χ1) is 16.4. The maximum Gasteiger partial charge on any atom is 0.324 e. The lowest BCUT2D eigenvalue weighted by Crippen LogP contribution is -2.60. The number of sulfone groups is 1. The van der Waals surface area contributed by atoms with Crippen molar-refractivity contribution < 1.29 is 26.5 Å². The summed E-state index contributed by atoms with van der Waals surface area (Å²) < 4.78 is 63.0. The van der Waals surface area contributed by atoms with Crippen LogP contribution in [0.15, 0.2) is 27.6 Å². The Morgan fingerprint density at radius 1 is 1.26 bits per heavy atom. The molecule has 8 nitrogen and oxygen atoms in total. The molecule has 1 unspecified atom stereocenters. The third-order valence-corrected chi connectivity index (χ3v) is 8.17. The molecule has 194 valence electrons. The van der Waals surface area contributed by atoms with Crippen LogP contribution in [0.25, 0.3) is 0 Å². The highest BCUT2D eigenvalue weighted by Gasteiger charge is 2.40. The summed E-state index contributed by atoms with van der Waals surface area (Å²) in [4.78, 5) is 6.40. The van der Waals surface area contributed by atoms with E-state index in [4.69, 9.17) is 9.26 Å². The zero-order valence-electron chi connectivity index (χ0n) is 20.6. The zero-order valence-corrected chi connectivity index (χ0v) is 21.4. The van der Waals surface area contributed by atoms with Gasteiger partial charge >= 0.3 is 6.01 Å². The normalized spacial score (nSPS) is 26.1. The molecule has 0 bridgehead atoms. The van der Waals surface area contributed by atoms with Crippen molar-refractivity contribution in [1.82, 2.24) is 15.5 Å². The van der Waals surface area contributed by atoms with Crippen LogP contribution in [0.3, 0.4) is 0 Å². The van der Waals surface area contributed by atoms with Gasteiger partial charge in [0.15, 0.2) is 27.1 Å². The molecule has 2 fully saturated rings. The lowest BCUT2D eigenvalue weighted by atomic mass is 9.76. The van der Waals surface area contributed by atoms with Crippen LogP contribution in [0.2, 0.25) is 0 Å². The molecular weight excluding hydrogens is 478 g/mol. The molecule has 1 aromatic carbocycles. The summed E-state index contributed by atoms with van der Waals surface area (Å²) in [6.07, 6.45) is 4.83. The smallest absolute Gasteiger partial charge is 0.324 e. The molecule has 1 aliphatic heterocycles. The molecule has 2 aliphatic rings. The molecule has 0 spiro atoms. The number of anilines is 1. The van der Waals surface area contributed by atoms with Gasteiger partial charge in [-0.25, -0.2) is 17.2 Å². The van der Waals surface area contributed by atoms with E-state index in [1.54, 1.807) is 0 Å². The predicted octanol–water partition coefficient (Wildman–Crippen LogP) is 3.87. The molecule has 4 rings (SSSR count). The summed E-state index contributed by atoms with van der Waals surface area (Å²) in [7, 11) is -3.47. The second-order valence-electron chi connectivity index (χ2n) is 10.3. The summed E-state index contributed by atoms with van der Waals surface area (Å²) in [5.41, 5.74) is -1.67. The van der Waals surface area contributed by atoms with Crippen LogP contribution in [0.5, 0.6) is 5.75 Å². The number of nitrogens with zero attached hydrogens (tertiary/aromatic N) is 3. The first-order valence-electron chi connectivity index (χ1n) is 12.1. The van der Waals surface area contributed by atoms with Gasteiger partial charge in [-0.2, -0.15) is 4.98 Å². The highest BCUT2D eigenvalue weighted by Crippen LogP contribution is 2.37. The number of halogens is 2. The van der Waals surface area contributed by atoms with Crippen molar-refractivity contribution in [2.45, 2.75) is 69.1 Å². The minimum absolute atomic E-state index is 0.0510. The number of piperazine rings is 1. The van der Waals surface area contributed by atoms with E-state index in [0.29, 0.717) is 25.1 Å². The third-order valence-electron chi connectivity index (χ3n) is 7.06. The fourth-order valence-electron chi connectivity index (χ4n) is 5.15. The Hall–Kier alpha value is -2.27. The molecule has 35 heavy (non-hydrogen) atoms. The zero-order chi connectivity index (χ0) is 25.4. The van der Waals surface area contributed by atoms with Crippen molar-refractivity contribution in [3.63, 3.8) is 0 Å². The SMILES string of the molecule is CC1NCCN(c2nc(C(C)(C)F)no2)[C@H]1[C@H]1CC[C@H](COc2ccc(S(C)(=O)=O)cc2F)CC1. The van der Waals surface area contributed by atoms with Crippen LogP contribution in [0, 0.1) is 17.7 Å². The van der Waals surface area contributed by atoms with Crippen molar-refractivity contribution in [3.8, 4) is 5.75 Å². The monoisotopic (exact) mass is 512 g/mol. The number of ether oxygens (including phenoxy) is 1. The summed E-state index contributed by atoms with van der Waals surface area (Å²) in [6.45, 7) is 6.83. The van der Waals surface area contributed by atoms with Crippen LogP contribution < -0.4 is 15.0 Å². The van der Waals surface area contributed by atoms with Crippen LogP contribution in [-0.2, 0) is 15.5 Å². The largest absolute Gasteiger partial charge is 0.490 e. The van der Waals surface area contributed by atoms with Crippen LogP contribution >= 0.6 is 0 Å². The van der Waals surface area contributed by atoms with Gasteiger partial charge in [0.2, 0.25) is 5.82 Å². The number of aromatic nitrogens is 2. The van der Waals surface area contributed by atoms with Crippen molar-refractivity contribution in [1.29, 1.82) is 0 Å². The summed E-state index contributed by atoms with van der Waals surface area (Å²) in [5, 5.41) is 7.39. The Labute approximate surface area is 205 Å². The quantitative estimate of drug-likeness (QED) is 0.597. The van der Waals surface area contributed by atoms with Crippen LogP contribution in [-0.4, -0.2) is 56.6 Å². The van der Waals surface area contributed by atoms with Gasteiger partial charge in [-0.3, -0.25) is 0 Å². The average molecular weight is 513 g/mol. The van der Waals surface area contributed by atoms with E-state index in [0.717, 1.165) is 44.6 Å². The predicted molar refractivity (Wildman–Crippen MR) is 127 cm³/mol. The second-order valence-corrected chi connectivity index (χ2v) is 12.3. The molecule has 1 aromatic heterocycles. The summed E-state index contributed by atoms with van der Waals surface area (Å²) in [6, 6.07) is 4.45. The minimum atomic E-state index is -3.47. The lowest BCUT2D eigenvalue weighted by molar-refractivity contribution is 0.150. The van der Waals surface area contributed by atoms with Crippen LogP contribution in [0.1, 0.15) is 52.3 Å². The maximum absolute atomic E-state index is 14.3. The van der Waals surface area contributed by atoms with Crippen molar-refractivity contribution in [3.05, 3.63) is 29.8 Å². The van der Waals surface area contributed by atoms with Crippen molar-refractivity contribution in [2.24, 2.45) is 11.8 Å². The Morgan fingerprint density at radius 3 is 2.57 bits per heavy atom. The third kappa shape index (κ3) is 5.94. The van der Waals surface area contributed by atoms with E-state index in [1.807, 2.05) is 0 Å². The number of nitrogens with one attached hydrogen (secondary N) is 1. The Kier molecular flexibility index (Phi) is 7.38. The van der Waals surface area contributed by atoms with Crippen molar-refractivity contribution >= 4 is 15.9 Å². The van der Waals surface area contributed by atoms with Gasteiger partial charge in [-0.15, -0.1) is 0 Å². The average Bonchev–Trinajstić information content (AvgIpc) is 3.29. The van der Waals surface area contributed by atoms with Crippen molar-refractivity contribution in [2.75, 3.05) is 30.9 Å². The lowest BCUT2D eigenvalue weighted by Gasteiger charge is -2.45. The fraction of sp³-hybridized carbons (Fsp3) is 0.667. The topological polar surface area (TPSA) is 97.6 Å². The molecule has 2 aromatic rings. The van der Waals surface area contributed by atoms with E-state index in [1.165, 1.54) is 26.0 Å². The van der Waals surface area contributed by atoms with Gasteiger partial charge in [0.1, 0.15) is 0 Å². The highest BCUT2D eigenvalue weighted by atomic mass is 32.2. The summed E-state index contributed by atoms with van der Waals surface area (Å²) in [5.74, 6) is 0.111. The van der Waals surface area contributed by atoms with Gasteiger partial charge < -0.3 is 19.5 Å². The Morgan fingerprint density at radius 2 is 1.97 bits per heavy atom. The van der Waals surface area contributed by atoms with E-state index in [2.05, 4.69) is 27.3 Å². The fourth-order valence-corrected chi connectivity index (χ4v) is 5.78. The van der Waals surface area contributed by atoms with Gasteiger partial charge in [-0.1, -0.05) is 5.16 Å². The van der Waals surface area contributed by atoms with Crippen LogP contribution in [0.4, 0.5) is 14.8 Å². The molecule has 2 atom stereocenters. The Balaban J connectivity index is 1.36. The number of benzene rings is 1. The van der Waals surface area contributed by atoms with Gasteiger partial charge in [0, 0.05) is 25.4 Å². The molecule has 0 amide bonds. The number of hydrogen-bond acceptors (Lipinski definition) is 8. The minimum Gasteiger partial charge on any atom is -0.490 e. The molecule has 1 saturated carbocycles. The van der Waals surface area contributed by atoms with E-state index in [9.17, 15) is 17.2 Å². The van der Waals surface area contributed by atoms with E-state index < -0.39 is 21.3 Å². The maximum atomic E-state index is 14.3. The standard InChI is InChI=1S/C24H34F2N4O4S/c1-15-21(30(12-11-27-15)23-28-22(29-34-23)24(2,3)26)17-7-5-16(6-8-17)14-33-20-10-9-18(13-19(20)25)35(4,31)32/h9-10,13,15-17,21,27H,5-8,11-12,14H2,1-4H3/t15?,16-,17-,21-/m1/s1. The molecule has 1 saturated heterocycles. The first-order valence-corrected chi connectivity index (χ1v) is 14.0. The molecule has 2 heterocycles. The molecule has 1 N–H and O–H groups in total. The van der Waals surface area contributed by atoms with Gasteiger partial charge in [-0.05, 0) is 76.5 Å². The number of hydrogen-bond donors (Lipinski definition) is 1.